The number of hydrogen-bond donors (Lipinski definition) is 3. The molecule has 3 rings (SSSR count). The van der Waals surface area contributed by atoms with Gasteiger partial charge >= 0.3 is 0 Å². The molecule has 112 valence electrons. The number of nitrogens with one attached hydrogen (secondary N) is 2. The second-order valence-corrected chi connectivity index (χ2v) is 5.94. The summed E-state index contributed by atoms with van der Waals surface area (Å²) in [4.78, 5) is 23.5. The van der Waals surface area contributed by atoms with E-state index in [-0.39, 0.29) is 18.4 Å². The fourth-order valence-electron chi connectivity index (χ4n) is 3.32. The van der Waals surface area contributed by atoms with E-state index in [1.54, 1.807) is 18.2 Å². The van der Waals surface area contributed by atoms with E-state index >= 15 is 0 Å². The van der Waals surface area contributed by atoms with E-state index in [0.717, 1.165) is 30.5 Å². The lowest BCUT2D eigenvalue weighted by molar-refractivity contribution is -0.115. The lowest BCUT2D eigenvalue weighted by Crippen LogP contribution is -2.31. The Bertz CT molecular complexity index is 571. The summed E-state index contributed by atoms with van der Waals surface area (Å²) in [6, 6.07) is 5.29. The van der Waals surface area contributed by atoms with E-state index in [2.05, 4.69) is 10.6 Å². The van der Waals surface area contributed by atoms with Crippen molar-refractivity contribution in [3.63, 3.8) is 0 Å². The number of aliphatic hydroxyl groups is 1. The Kier molecular flexibility index (Phi) is 3.92. The molecule has 2 atom stereocenters. The summed E-state index contributed by atoms with van der Waals surface area (Å²) in [5.74, 6) is 0.545. The Morgan fingerprint density at radius 2 is 2.14 bits per heavy atom. The van der Waals surface area contributed by atoms with Crippen LogP contribution >= 0.6 is 0 Å². The molecule has 1 fully saturated rings. The molecule has 1 aliphatic heterocycles. The topological polar surface area (TPSA) is 78.4 Å². The van der Waals surface area contributed by atoms with Crippen molar-refractivity contribution < 1.29 is 14.7 Å². The van der Waals surface area contributed by atoms with Gasteiger partial charge in [0.05, 0.1) is 6.42 Å². The van der Waals surface area contributed by atoms with Crippen LogP contribution in [0.25, 0.3) is 0 Å². The van der Waals surface area contributed by atoms with Crippen LogP contribution in [0.2, 0.25) is 0 Å². The second kappa shape index (κ2) is 5.85. The number of anilines is 1. The van der Waals surface area contributed by atoms with Crippen LogP contribution in [0.1, 0.15) is 35.2 Å². The van der Waals surface area contributed by atoms with E-state index in [1.165, 1.54) is 0 Å². The summed E-state index contributed by atoms with van der Waals surface area (Å²) in [5.41, 5.74) is 2.26. The van der Waals surface area contributed by atoms with Crippen molar-refractivity contribution in [1.29, 1.82) is 0 Å². The number of fused-ring (bicyclic) bond motifs is 1. The molecule has 5 heteroatoms. The number of carbonyl (C=O) groups excluding carboxylic acids is 2. The Balaban J connectivity index is 1.61. The highest BCUT2D eigenvalue weighted by Gasteiger charge is 2.27. The number of benzene rings is 1. The number of amides is 2. The maximum atomic E-state index is 12.2. The average Bonchev–Trinajstić information content (AvgIpc) is 3.08. The summed E-state index contributed by atoms with van der Waals surface area (Å²) in [6.45, 7) is 0.811. The largest absolute Gasteiger partial charge is 0.396 e. The number of rotatable bonds is 4. The van der Waals surface area contributed by atoms with Gasteiger partial charge in [-0.3, -0.25) is 9.59 Å². The summed E-state index contributed by atoms with van der Waals surface area (Å²) in [5, 5.41) is 15.0. The normalized spacial score (nSPS) is 23.8. The molecule has 21 heavy (non-hydrogen) atoms. The van der Waals surface area contributed by atoms with Gasteiger partial charge in [0.25, 0.3) is 5.91 Å². The summed E-state index contributed by atoms with van der Waals surface area (Å²) < 4.78 is 0. The molecular formula is C16H20N2O3. The minimum atomic E-state index is -0.110. The standard InChI is InChI=1S/C16H20N2O3/c19-9-12-3-1-2-11(12)8-17-16(21)10-4-5-14-13(6-10)7-15(20)18-14/h4-6,11-12,19H,1-3,7-9H2,(H,17,21)(H,18,20). The van der Waals surface area contributed by atoms with Crippen LogP contribution in [-0.2, 0) is 11.2 Å². The van der Waals surface area contributed by atoms with Crippen molar-refractivity contribution in [2.45, 2.75) is 25.7 Å². The lowest BCUT2D eigenvalue weighted by Gasteiger charge is -2.17. The summed E-state index contributed by atoms with van der Waals surface area (Å²) in [6.07, 6.45) is 3.57. The van der Waals surface area contributed by atoms with E-state index in [1.807, 2.05) is 0 Å². The molecule has 0 bridgehead atoms. The van der Waals surface area contributed by atoms with Crippen LogP contribution in [0.5, 0.6) is 0 Å². The van der Waals surface area contributed by atoms with Crippen LogP contribution in [0.3, 0.4) is 0 Å². The van der Waals surface area contributed by atoms with E-state index in [4.69, 9.17) is 0 Å². The van der Waals surface area contributed by atoms with Crippen LogP contribution in [0.15, 0.2) is 18.2 Å². The molecule has 0 aromatic heterocycles. The molecule has 1 aromatic carbocycles. The van der Waals surface area contributed by atoms with Crippen LogP contribution in [0.4, 0.5) is 5.69 Å². The molecule has 0 spiro atoms. The summed E-state index contributed by atoms with van der Waals surface area (Å²) in [7, 11) is 0. The van der Waals surface area contributed by atoms with Crippen molar-refractivity contribution in [3.05, 3.63) is 29.3 Å². The van der Waals surface area contributed by atoms with Gasteiger partial charge < -0.3 is 15.7 Å². The highest BCUT2D eigenvalue weighted by Crippen LogP contribution is 2.30. The third-order valence-corrected chi connectivity index (χ3v) is 4.57. The zero-order valence-corrected chi connectivity index (χ0v) is 11.9. The van der Waals surface area contributed by atoms with Gasteiger partial charge in [-0.15, -0.1) is 0 Å². The number of carbonyl (C=O) groups is 2. The maximum absolute atomic E-state index is 12.2. The highest BCUT2D eigenvalue weighted by molar-refractivity contribution is 6.01. The molecule has 5 nitrogen and oxygen atoms in total. The Morgan fingerprint density at radius 1 is 1.33 bits per heavy atom. The quantitative estimate of drug-likeness (QED) is 0.782. The monoisotopic (exact) mass is 288 g/mol. The third-order valence-electron chi connectivity index (χ3n) is 4.57. The lowest BCUT2D eigenvalue weighted by atomic mass is 9.97. The first-order chi connectivity index (χ1) is 10.2. The van der Waals surface area contributed by atoms with Gasteiger partial charge in [-0.2, -0.15) is 0 Å². The van der Waals surface area contributed by atoms with Crippen molar-refractivity contribution in [2.24, 2.45) is 11.8 Å². The van der Waals surface area contributed by atoms with E-state index in [0.29, 0.717) is 30.4 Å². The molecule has 0 saturated heterocycles. The maximum Gasteiger partial charge on any atom is 0.251 e. The van der Waals surface area contributed by atoms with Crippen molar-refractivity contribution >= 4 is 17.5 Å². The van der Waals surface area contributed by atoms with Gasteiger partial charge in [0.15, 0.2) is 0 Å². The molecule has 1 saturated carbocycles. The van der Waals surface area contributed by atoms with Gasteiger partial charge in [-0.05, 0) is 48.4 Å². The first-order valence-electron chi connectivity index (χ1n) is 7.49. The zero-order chi connectivity index (χ0) is 14.8. The molecule has 0 radical (unpaired) electrons. The molecule has 2 aliphatic rings. The Labute approximate surface area is 123 Å². The van der Waals surface area contributed by atoms with Crippen LogP contribution in [0, 0.1) is 11.8 Å². The third kappa shape index (κ3) is 2.93. The fraction of sp³-hybridized carbons (Fsp3) is 0.500. The van der Waals surface area contributed by atoms with Crippen LogP contribution in [-0.4, -0.2) is 30.1 Å². The first-order valence-corrected chi connectivity index (χ1v) is 7.49. The second-order valence-electron chi connectivity index (χ2n) is 5.94. The van der Waals surface area contributed by atoms with Crippen molar-refractivity contribution in [2.75, 3.05) is 18.5 Å². The SMILES string of the molecule is O=C1Cc2cc(C(=O)NCC3CCCC3CO)ccc2N1. The Hall–Kier alpha value is -1.88. The molecule has 2 amide bonds. The molecule has 1 aromatic rings. The van der Waals surface area contributed by atoms with E-state index < -0.39 is 0 Å². The van der Waals surface area contributed by atoms with Crippen molar-refractivity contribution in [1.82, 2.24) is 5.32 Å². The van der Waals surface area contributed by atoms with Crippen molar-refractivity contribution in [3.8, 4) is 0 Å². The van der Waals surface area contributed by atoms with Gasteiger partial charge in [-0.1, -0.05) is 6.42 Å². The predicted molar refractivity (Wildman–Crippen MR) is 79.0 cm³/mol. The van der Waals surface area contributed by atoms with Crippen LogP contribution < -0.4 is 10.6 Å². The fourth-order valence-corrected chi connectivity index (χ4v) is 3.32. The minimum Gasteiger partial charge on any atom is -0.396 e. The van der Waals surface area contributed by atoms with E-state index in [9.17, 15) is 14.7 Å². The molecular weight excluding hydrogens is 268 g/mol. The summed E-state index contributed by atoms with van der Waals surface area (Å²) >= 11 is 0. The van der Waals surface area contributed by atoms with Gasteiger partial charge in [0, 0.05) is 24.4 Å². The Morgan fingerprint density at radius 3 is 2.95 bits per heavy atom. The molecule has 1 heterocycles. The number of hydrogen-bond acceptors (Lipinski definition) is 3. The van der Waals surface area contributed by atoms with Gasteiger partial charge in [0.2, 0.25) is 5.91 Å². The number of aliphatic hydroxyl groups excluding tert-OH is 1. The minimum absolute atomic E-state index is 0.0284. The smallest absolute Gasteiger partial charge is 0.251 e. The first kappa shape index (κ1) is 14.1. The van der Waals surface area contributed by atoms with Gasteiger partial charge in [0.1, 0.15) is 0 Å². The zero-order valence-electron chi connectivity index (χ0n) is 11.9. The highest BCUT2D eigenvalue weighted by atomic mass is 16.3. The van der Waals surface area contributed by atoms with Gasteiger partial charge in [-0.25, -0.2) is 0 Å². The predicted octanol–water partition coefficient (Wildman–Crippen LogP) is 1.32. The molecule has 1 aliphatic carbocycles. The molecule has 2 unspecified atom stereocenters. The molecule has 3 N–H and O–H groups in total. The average molecular weight is 288 g/mol.